The normalized spacial score (nSPS) is 21.7. The summed E-state index contributed by atoms with van der Waals surface area (Å²) in [5.74, 6) is 0. The Labute approximate surface area is 145 Å². The van der Waals surface area contributed by atoms with Crippen molar-refractivity contribution in [2.45, 2.75) is 38.2 Å². The van der Waals surface area contributed by atoms with Crippen LogP contribution in [0.1, 0.15) is 24.0 Å². The molecule has 2 aromatic carbocycles. The van der Waals surface area contributed by atoms with E-state index in [0.717, 1.165) is 26.0 Å². The molecule has 0 aliphatic carbocycles. The van der Waals surface area contributed by atoms with Crippen LogP contribution in [0, 0.1) is 0 Å². The fraction of sp³-hybridized carbons (Fsp3) is 0.429. The summed E-state index contributed by atoms with van der Waals surface area (Å²) in [6, 6.07) is 21.2. The monoisotopic (exact) mass is 325 g/mol. The number of hydrogen-bond donors (Lipinski definition) is 0. The van der Waals surface area contributed by atoms with E-state index < -0.39 is 0 Å². The lowest BCUT2D eigenvalue weighted by Gasteiger charge is -2.36. The molecular weight excluding hydrogens is 298 g/mol. The van der Waals surface area contributed by atoms with Crippen molar-refractivity contribution in [3.63, 3.8) is 0 Å². The molecule has 0 radical (unpaired) electrons. The summed E-state index contributed by atoms with van der Waals surface area (Å²) in [5.41, 5.74) is 2.47. The molecule has 0 bridgehead atoms. The molecule has 0 aromatic heterocycles. The molecule has 1 aliphatic rings. The molecule has 1 saturated heterocycles. The summed E-state index contributed by atoms with van der Waals surface area (Å²) >= 11 is 0. The van der Waals surface area contributed by atoms with Gasteiger partial charge in [0.05, 0.1) is 25.9 Å². The van der Waals surface area contributed by atoms with Gasteiger partial charge in [0.1, 0.15) is 0 Å². The summed E-state index contributed by atoms with van der Waals surface area (Å²) in [6.07, 6.45) is 2.46. The van der Waals surface area contributed by atoms with Gasteiger partial charge in [0, 0.05) is 12.6 Å². The minimum absolute atomic E-state index is 0.326. The molecule has 1 unspecified atom stereocenters. The first-order chi connectivity index (χ1) is 11.8. The first-order valence-corrected chi connectivity index (χ1v) is 8.78. The van der Waals surface area contributed by atoms with Crippen molar-refractivity contribution in [1.82, 2.24) is 4.90 Å². The van der Waals surface area contributed by atoms with Gasteiger partial charge in [-0.15, -0.1) is 0 Å². The van der Waals surface area contributed by atoms with E-state index in [-0.39, 0.29) is 0 Å². The van der Waals surface area contributed by atoms with Gasteiger partial charge in [0.2, 0.25) is 0 Å². The number of likely N-dealkylation sites (N-methyl/N-ethyl adjacent to an activating group) is 1. The second kappa shape index (κ2) is 8.97. The van der Waals surface area contributed by atoms with Crippen LogP contribution in [0.25, 0.3) is 0 Å². The summed E-state index contributed by atoms with van der Waals surface area (Å²) in [5, 5.41) is 0. The molecule has 24 heavy (non-hydrogen) atoms. The average Bonchev–Trinajstić information content (AvgIpc) is 2.64. The van der Waals surface area contributed by atoms with E-state index in [9.17, 15) is 0 Å². The van der Waals surface area contributed by atoms with Crippen LogP contribution in [0.4, 0.5) is 0 Å². The molecule has 3 rings (SSSR count). The van der Waals surface area contributed by atoms with Crippen LogP contribution in [0.15, 0.2) is 60.7 Å². The van der Waals surface area contributed by atoms with Crippen LogP contribution in [0.5, 0.6) is 0 Å². The molecule has 0 N–H and O–H groups in total. The first kappa shape index (κ1) is 17.2. The summed E-state index contributed by atoms with van der Waals surface area (Å²) < 4.78 is 12.1. The zero-order valence-corrected chi connectivity index (χ0v) is 14.4. The Morgan fingerprint density at radius 3 is 2.21 bits per heavy atom. The number of hydrogen-bond acceptors (Lipinski definition) is 3. The third-order valence-corrected chi connectivity index (χ3v) is 4.71. The minimum atomic E-state index is 0.326. The number of ether oxygens (including phenoxy) is 2. The van der Waals surface area contributed by atoms with Crippen molar-refractivity contribution >= 4 is 0 Å². The van der Waals surface area contributed by atoms with Gasteiger partial charge >= 0.3 is 0 Å². The van der Waals surface area contributed by atoms with Crippen LogP contribution in [-0.4, -0.2) is 37.2 Å². The lowest BCUT2D eigenvalue weighted by Crippen LogP contribution is -2.45. The molecule has 1 fully saturated rings. The van der Waals surface area contributed by atoms with Gasteiger partial charge in [-0.05, 0) is 31.0 Å². The largest absolute Gasteiger partial charge is 0.375 e. The van der Waals surface area contributed by atoms with Crippen LogP contribution in [-0.2, 0) is 22.7 Å². The summed E-state index contributed by atoms with van der Waals surface area (Å²) in [7, 11) is 2.18. The quantitative estimate of drug-likeness (QED) is 0.771. The third kappa shape index (κ3) is 5.17. The number of benzene rings is 2. The lowest BCUT2D eigenvalue weighted by molar-refractivity contribution is -0.0400. The van der Waals surface area contributed by atoms with Crippen molar-refractivity contribution in [2.75, 3.05) is 20.2 Å². The molecular formula is C21H27NO2. The van der Waals surface area contributed by atoms with E-state index in [1.54, 1.807) is 0 Å². The van der Waals surface area contributed by atoms with E-state index in [1.807, 2.05) is 12.1 Å². The number of piperidine rings is 1. The standard InChI is InChI=1S/C21H27NO2/c1-22-13-12-21(24-16-19-10-6-3-7-11-19)14-20(22)17-23-15-18-8-4-2-5-9-18/h2-11,20-21H,12-17H2,1H3/t20?,21-/m1/s1. The van der Waals surface area contributed by atoms with E-state index in [0.29, 0.717) is 25.4 Å². The Hall–Kier alpha value is -1.68. The highest BCUT2D eigenvalue weighted by molar-refractivity contribution is 5.14. The molecule has 1 heterocycles. The van der Waals surface area contributed by atoms with Gasteiger partial charge in [-0.25, -0.2) is 0 Å². The number of nitrogens with zero attached hydrogens (tertiary/aromatic N) is 1. The maximum Gasteiger partial charge on any atom is 0.0720 e. The molecule has 3 heteroatoms. The van der Waals surface area contributed by atoms with Gasteiger partial charge in [-0.2, -0.15) is 0 Å². The van der Waals surface area contributed by atoms with E-state index >= 15 is 0 Å². The molecule has 0 spiro atoms. The van der Waals surface area contributed by atoms with Crippen molar-refractivity contribution in [2.24, 2.45) is 0 Å². The van der Waals surface area contributed by atoms with Crippen LogP contribution in [0.2, 0.25) is 0 Å². The summed E-state index contributed by atoms with van der Waals surface area (Å²) in [6.45, 7) is 3.21. The maximum atomic E-state index is 6.13. The van der Waals surface area contributed by atoms with Gasteiger partial charge in [0.15, 0.2) is 0 Å². The van der Waals surface area contributed by atoms with Crippen LogP contribution < -0.4 is 0 Å². The average molecular weight is 325 g/mol. The Morgan fingerprint density at radius 2 is 1.54 bits per heavy atom. The predicted octanol–water partition coefficient (Wildman–Crippen LogP) is 3.88. The van der Waals surface area contributed by atoms with E-state index in [2.05, 4.69) is 60.5 Å². The fourth-order valence-corrected chi connectivity index (χ4v) is 3.15. The molecule has 128 valence electrons. The van der Waals surface area contributed by atoms with Crippen molar-refractivity contribution in [3.8, 4) is 0 Å². The zero-order chi connectivity index (χ0) is 16.6. The first-order valence-electron chi connectivity index (χ1n) is 8.78. The van der Waals surface area contributed by atoms with Crippen LogP contribution >= 0.6 is 0 Å². The van der Waals surface area contributed by atoms with Crippen molar-refractivity contribution < 1.29 is 9.47 Å². The smallest absolute Gasteiger partial charge is 0.0720 e. The topological polar surface area (TPSA) is 21.7 Å². The maximum absolute atomic E-state index is 6.13. The fourth-order valence-electron chi connectivity index (χ4n) is 3.15. The Bertz CT molecular complexity index is 587. The van der Waals surface area contributed by atoms with Gasteiger partial charge in [-0.3, -0.25) is 0 Å². The molecule has 0 saturated carbocycles. The third-order valence-electron chi connectivity index (χ3n) is 4.71. The molecule has 2 aromatic rings. The summed E-state index contributed by atoms with van der Waals surface area (Å²) in [4.78, 5) is 2.40. The molecule has 0 amide bonds. The van der Waals surface area contributed by atoms with Gasteiger partial charge < -0.3 is 14.4 Å². The lowest BCUT2D eigenvalue weighted by atomic mass is 10.0. The molecule has 3 nitrogen and oxygen atoms in total. The Kier molecular flexibility index (Phi) is 6.41. The number of rotatable bonds is 7. The SMILES string of the molecule is CN1CC[C@@H](OCc2ccccc2)CC1COCc1ccccc1. The highest BCUT2D eigenvalue weighted by Gasteiger charge is 2.26. The highest BCUT2D eigenvalue weighted by Crippen LogP contribution is 2.20. The number of likely N-dealkylation sites (tertiary alicyclic amines) is 1. The predicted molar refractivity (Wildman–Crippen MR) is 96.8 cm³/mol. The van der Waals surface area contributed by atoms with Gasteiger partial charge in [0.25, 0.3) is 0 Å². The second-order valence-electron chi connectivity index (χ2n) is 6.58. The van der Waals surface area contributed by atoms with Crippen molar-refractivity contribution in [3.05, 3.63) is 71.8 Å². The van der Waals surface area contributed by atoms with Gasteiger partial charge in [-0.1, -0.05) is 60.7 Å². The highest BCUT2D eigenvalue weighted by atomic mass is 16.5. The zero-order valence-electron chi connectivity index (χ0n) is 14.4. The Morgan fingerprint density at radius 1 is 0.917 bits per heavy atom. The van der Waals surface area contributed by atoms with Crippen molar-refractivity contribution in [1.29, 1.82) is 0 Å². The second-order valence-corrected chi connectivity index (χ2v) is 6.58. The van der Waals surface area contributed by atoms with E-state index in [4.69, 9.17) is 9.47 Å². The van der Waals surface area contributed by atoms with Crippen LogP contribution in [0.3, 0.4) is 0 Å². The minimum Gasteiger partial charge on any atom is -0.375 e. The Balaban J connectivity index is 1.43. The van der Waals surface area contributed by atoms with E-state index in [1.165, 1.54) is 11.1 Å². The molecule has 2 atom stereocenters. The molecule has 1 aliphatic heterocycles.